The maximum Gasteiger partial charge on any atom is 0.414 e. The molecular weight excluding hydrogens is 290 g/mol. The fourth-order valence-electron chi connectivity index (χ4n) is 1.71. The highest BCUT2D eigenvalue weighted by Crippen LogP contribution is 2.23. The van der Waals surface area contributed by atoms with Crippen molar-refractivity contribution in [3.05, 3.63) is 17.8 Å². The van der Waals surface area contributed by atoms with Crippen LogP contribution in [0.25, 0.3) is 5.57 Å². The molecule has 1 aliphatic heterocycles. The van der Waals surface area contributed by atoms with Crippen LogP contribution >= 0.6 is 0 Å². The van der Waals surface area contributed by atoms with Crippen molar-refractivity contribution in [3.63, 3.8) is 0 Å². The van der Waals surface area contributed by atoms with Gasteiger partial charge in [-0.15, -0.1) is 0 Å². The third-order valence-electron chi connectivity index (χ3n) is 2.90. The lowest BCUT2D eigenvalue weighted by Gasteiger charge is -2.20. The van der Waals surface area contributed by atoms with Gasteiger partial charge in [0.1, 0.15) is 0 Å². The zero-order valence-electron chi connectivity index (χ0n) is 13.2. The molecule has 22 heavy (non-hydrogen) atoms. The van der Waals surface area contributed by atoms with Crippen LogP contribution in [0.1, 0.15) is 38.9 Å². The second-order valence-electron chi connectivity index (χ2n) is 6.04. The van der Waals surface area contributed by atoms with Crippen molar-refractivity contribution in [3.8, 4) is 0 Å². The molecule has 0 saturated carbocycles. The van der Waals surface area contributed by atoms with Crippen molar-refractivity contribution < 1.29 is 24.3 Å². The van der Waals surface area contributed by atoms with Gasteiger partial charge in [0.2, 0.25) is 0 Å². The van der Waals surface area contributed by atoms with Crippen LogP contribution in [-0.2, 0) is 15.0 Å². The van der Waals surface area contributed by atoms with Crippen molar-refractivity contribution in [2.24, 2.45) is 0 Å². The quantitative estimate of drug-likeness (QED) is 0.744. The largest absolute Gasteiger partial charge is 0.473 e. The molecule has 0 spiro atoms. The van der Waals surface area contributed by atoms with Crippen LogP contribution in [-0.4, -0.2) is 57.3 Å². The Balaban J connectivity index is 0.000000346. The summed E-state index contributed by atoms with van der Waals surface area (Å²) in [7, 11) is 2.11. The fraction of sp³-hybridized carbons (Fsp3) is 0.571. The maximum absolute atomic E-state index is 9.10. The van der Waals surface area contributed by atoms with Crippen LogP contribution in [0.15, 0.2) is 10.6 Å². The zero-order valence-corrected chi connectivity index (χ0v) is 13.2. The Morgan fingerprint density at radius 3 is 2.27 bits per heavy atom. The number of rotatable bonds is 1. The smallest absolute Gasteiger partial charge is 0.414 e. The van der Waals surface area contributed by atoms with Crippen molar-refractivity contribution in [1.82, 2.24) is 15.0 Å². The molecule has 1 aromatic rings. The van der Waals surface area contributed by atoms with Crippen LogP contribution in [0.4, 0.5) is 0 Å². The minimum Gasteiger partial charge on any atom is -0.473 e. The Bertz CT molecular complexity index is 559. The number of hydrogen-bond donors (Lipinski definition) is 2. The summed E-state index contributed by atoms with van der Waals surface area (Å²) in [6.45, 7) is 8.25. The minimum atomic E-state index is -1.82. The summed E-state index contributed by atoms with van der Waals surface area (Å²) >= 11 is 0. The van der Waals surface area contributed by atoms with Gasteiger partial charge in [0.15, 0.2) is 5.82 Å². The topological polar surface area (TPSA) is 117 Å². The summed E-state index contributed by atoms with van der Waals surface area (Å²) in [5.74, 6) is -2.20. The van der Waals surface area contributed by atoms with Crippen LogP contribution in [0.3, 0.4) is 0 Å². The number of carbonyl (C=O) groups is 2. The number of likely N-dealkylation sites (N-methyl/N-ethyl adjacent to an activating group) is 1. The molecule has 0 unspecified atom stereocenters. The van der Waals surface area contributed by atoms with Gasteiger partial charge in [-0.05, 0) is 13.5 Å². The molecule has 1 aromatic heterocycles. The number of aliphatic carboxylic acids is 2. The number of hydrogen-bond acceptors (Lipinski definition) is 6. The van der Waals surface area contributed by atoms with E-state index < -0.39 is 11.9 Å². The first-order valence-corrected chi connectivity index (χ1v) is 6.79. The summed E-state index contributed by atoms with van der Waals surface area (Å²) in [5.41, 5.74) is 1.10. The third-order valence-corrected chi connectivity index (χ3v) is 2.90. The van der Waals surface area contributed by atoms with E-state index in [0.717, 1.165) is 30.9 Å². The molecule has 0 amide bonds. The van der Waals surface area contributed by atoms with E-state index in [0.29, 0.717) is 5.89 Å². The average Bonchev–Trinajstić information content (AvgIpc) is 2.88. The molecule has 0 saturated heterocycles. The van der Waals surface area contributed by atoms with Gasteiger partial charge < -0.3 is 19.6 Å². The molecule has 0 aliphatic carbocycles. The number of carboxylic acid groups (broad SMARTS) is 2. The van der Waals surface area contributed by atoms with Crippen LogP contribution in [0.2, 0.25) is 0 Å². The van der Waals surface area contributed by atoms with Gasteiger partial charge in [0.05, 0.1) is 0 Å². The van der Waals surface area contributed by atoms with Gasteiger partial charge in [0, 0.05) is 24.1 Å². The standard InChI is InChI=1S/C12H19N3O.C2H2O4/c1-12(2,3)11-13-10(16-14-11)9-6-5-7-15(4)8-9;3-1(4)2(5)6/h6H,5,7-8H2,1-4H3;(H,3,4)(H,5,6). The molecule has 0 radical (unpaired) electrons. The molecule has 0 fully saturated rings. The van der Waals surface area contributed by atoms with Crippen molar-refractivity contribution in [1.29, 1.82) is 0 Å². The predicted molar refractivity (Wildman–Crippen MR) is 78.4 cm³/mol. The van der Waals surface area contributed by atoms with Crippen molar-refractivity contribution >= 4 is 17.5 Å². The Hall–Kier alpha value is -2.22. The molecule has 0 bridgehead atoms. The van der Waals surface area contributed by atoms with E-state index in [2.05, 4.69) is 48.9 Å². The van der Waals surface area contributed by atoms with E-state index in [-0.39, 0.29) is 5.41 Å². The monoisotopic (exact) mass is 311 g/mol. The minimum absolute atomic E-state index is 0.0527. The second kappa shape index (κ2) is 7.17. The third kappa shape index (κ3) is 5.28. The molecule has 122 valence electrons. The molecule has 2 N–H and O–H groups in total. The molecule has 1 aliphatic rings. The first-order valence-electron chi connectivity index (χ1n) is 6.79. The Morgan fingerprint density at radius 1 is 1.27 bits per heavy atom. The molecule has 8 heteroatoms. The molecule has 0 aromatic carbocycles. The van der Waals surface area contributed by atoms with E-state index in [1.54, 1.807) is 0 Å². The van der Waals surface area contributed by atoms with E-state index in [1.165, 1.54) is 0 Å². The van der Waals surface area contributed by atoms with E-state index in [9.17, 15) is 0 Å². The van der Waals surface area contributed by atoms with E-state index in [1.807, 2.05) is 0 Å². The lowest BCUT2D eigenvalue weighted by Crippen LogP contribution is -2.25. The molecular formula is C14H21N3O5. The first-order chi connectivity index (χ1) is 10.1. The van der Waals surface area contributed by atoms with E-state index in [4.69, 9.17) is 24.3 Å². The maximum atomic E-state index is 9.10. The van der Waals surface area contributed by atoms with Gasteiger partial charge >= 0.3 is 11.9 Å². The predicted octanol–water partition coefficient (Wildman–Crippen LogP) is 1.24. The Kier molecular flexibility index (Phi) is 5.81. The second-order valence-corrected chi connectivity index (χ2v) is 6.04. The van der Waals surface area contributed by atoms with E-state index >= 15 is 0 Å². The highest BCUT2D eigenvalue weighted by molar-refractivity contribution is 6.27. The highest BCUT2D eigenvalue weighted by Gasteiger charge is 2.23. The average molecular weight is 311 g/mol. The molecule has 2 rings (SSSR count). The molecule has 2 heterocycles. The van der Waals surface area contributed by atoms with Gasteiger partial charge in [0.25, 0.3) is 5.89 Å². The molecule has 8 nitrogen and oxygen atoms in total. The van der Waals surface area contributed by atoms with Gasteiger partial charge in [-0.3, -0.25) is 0 Å². The van der Waals surface area contributed by atoms with Gasteiger partial charge in [-0.2, -0.15) is 4.98 Å². The molecule has 0 atom stereocenters. The highest BCUT2D eigenvalue weighted by atomic mass is 16.5. The normalized spacial score (nSPS) is 15.5. The summed E-state index contributed by atoms with van der Waals surface area (Å²) in [6.07, 6.45) is 3.25. The van der Waals surface area contributed by atoms with Crippen molar-refractivity contribution in [2.45, 2.75) is 32.6 Å². The van der Waals surface area contributed by atoms with Gasteiger partial charge in [-0.1, -0.05) is 32.0 Å². The summed E-state index contributed by atoms with van der Waals surface area (Å²) < 4.78 is 5.32. The van der Waals surface area contributed by atoms with Crippen LogP contribution in [0.5, 0.6) is 0 Å². The summed E-state index contributed by atoms with van der Waals surface area (Å²) in [4.78, 5) is 24.9. The Morgan fingerprint density at radius 2 is 1.86 bits per heavy atom. The van der Waals surface area contributed by atoms with Crippen LogP contribution in [0, 0.1) is 0 Å². The first kappa shape index (κ1) is 17.8. The lowest BCUT2D eigenvalue weighted by atomic mass is 9.96. The lowest BCUT2D eigenvalue weighted by molar-refractivity contribution is -0.159. The SMILES string of the molecule is CN1CCC=C(c2nc(C(C)(C)C)no2)C1.O=C(O)C(=O)O. The number of carboxylic acids is 2. The number of aromatic nitrogens is 2. The van der Waals surface area contributed by atoms with Gasteiger partial charge in [-0.25, -0.2) is 9.59 Å². The fourth-order valence-corrected chi connectivity index (χ4v) is 1.71. The summed E-state index contributed by atoms with van der Waals surface area (Å²) in [6, 6.07) is 0. The number of nitrogens with zero attached hydrogens (tertiary/aromatic N) is 3. The summed E-state index contributed by atoms with van der Waals surface area (Å²) in [5, 5.41) is 18.8. The zero-order chi connectivity index (χ0) is 16.9. The Labute approximate surface area is 128 Å². The van der Waals surface area contributed by atoms with Crippen LogP contribution < -0.4 is 0 Å². The van der Waals surface area contributed by atoms with Crippen molar-refractivity contribution in [2.75, 3.05) is 20.1 Å².